The first-order valence-electron chi connectivity index (χ1n) is 5.88. The monoisotopic (exact) mass is 217 g/mol. The fourth-order valence-electron chi connectivity index (χ4n) is 2.57. The Balaban J connectivity index is 2.11. The van der Waals surface area contributed by atoms with Gasteiger partial charge in [-0.3, -0.25) is 9.59 Å². The highest BCUT2D eigenvalue weighted by Gasteiger charge is 2.33. The molecule has 2 aliphatic rings. The zero-order valence-corrected chi connectivity index (χ0v) is 9.24. The Hall–Kier alpha value is -1.43. The smallest absolute Gasteiger partial charge is 0.159 e. The molecule has 3 nitrogen and oxygen atoms in total. The van der Waals surface area contributed by atoms with Gasteiger partial charge in [-0.05, 0) is 25.7 Å². The van der Waals surface area contributed by atoms with Crippen LogP contribution in [0, 0.1) is 23.2 Å². The second kappa shape index (κ2) is 4.61. The van der Waals surface area contributed by atoms with Crippen LogP contribution < -0.4 is 0 Å². The number of carbonyl (C=O) groups is 2. The first kappa shape index (κ1) is 11.1. The van der Waals surface area contributed by atoms with Crippen LogP contribution >= 0.6 is 0 Å². The Morgan fingerprint density at radius 1 is 1.31 bits per heavy atom. The number of rotatable bonds is 1. The second-order valence-electron chi connectivity index (χ2n) is 4.60. The summed E-state index contributed by atoms with van der Waals surface area (Å²) in [6.07, 6.45) is 6.08. The number of hydrogen-bond acceptors (Lipinski definition) is 3. The summed E-state index contributed by atoms with van der Waals surface area (Å²) in [4.78, 5) is 23.6. The van der Waals surface area contributed by atoms with E-state index < -0.39 is 0 Å². The molecule has 0 aliphatic heterocycles. The summed E-state index contributed by atoms with van der Waals surface area (Å²) in [5, 5.41) is 8.77. The minimum atomic E-state index is -0.211. The maximum Gasteiger partial charge on any atom is 0.159 e. The topological polar surface area (TPSA) is 57.9 Å². The van der Waals surface area contributed by atoms with Gasteiger partial charge in [0, 0.05) is 24.3 Å². The highest BCUT2D eigenvalue weighted by Crippen LogP contribution is 2.33. The summed E-state index contributed by atoms with van der Waals surface area (Å²) in [6.45, 7) is 0. The Bertz CT molecular complexity index is 389. The molecule has 2 rings (SSSR count). The van der Waals surface area contributed by atoms with E-state index in [1.54, 1.807) is 0 Å². The summed E-state index contributed by atoms with van der Waals surface area (Å²) < 4.78 is 0. The van der Waals surface area contributed by atoms with Gasteiger partial charge >= 0.3 is 0 Å². The molecule has 0 aromatic carbocycles. The first-order chi connectivity index (χ1) is 7.72. The standard InChI is InChI=1S/C13H15NO2/c14-8-9-5-6-11(13(16)7-9)10-3-1-2-4-12(10)15/h3,9,11H,1-2,4-7H2. The normalized spacial score (nSPS) is 30.8. The Kier molecular flexibility index (Phi) is 3.19. The summed E-state index contributed by atoms with van der Waals surface area (Å²) in [7, 11) is 0. The zero-order valence-electron chi connectivity index (χ0n) is 9.24. The lowest BCUT2D eigenvalue weighted by Gasteiger charge is -2.26. The Morgan fingerprint density at radius 3 is 2.75 bits per heavy atom. The molecule has 2 atom stereocenters. The van der Waals surface area contributed by atoms with Crippen molar-refractivity contribution in [1.82, 2.24) is 0 Å². The molecule has 0 saturated heterocycles. The van der Waals surface area contributed by atoms with Crippen LogP contribution in [0.2, 0.25) is 0 Å². The number of allylic oxidation sites excluding steroid dienone is 2. The maximum atomic E-state index is 11.9. The second-order valence-corrected chi connectivity index (χ2v) is 4.60. The van der Waals surface area contributed by atoms with E-state index >= 15 is 0 Å². The lowest BCUT2D eigenvalue weighted by molar-refractivity contribution is -0.126. The molecule has 16 heavy (non-hydrogen) atoms. The van der Waals surface area contributed by atoms with Gasteiger partial charge in [-0.15, -0.1) is 0 Å². The molecule has 0 aromatic heterocycles. The predicted octanol–water partition coefficient (Wildman–Crippen LogP) is 2.17. The zero-order chi connectivity index (χ0) is 11.5. The lowest BCUT2D eigenvalue weighted by atomic mass is 9.75. The first-order valence-corrected chi connectivity index (χ1v) is 5.88. The van der Waals surface area contributed by atoms with Crippen molar-refractivity contribution in [3.05, 3.63) is 11.6 Å². The summed E-state index contributed by atoms with van der Waals surface area (Å²) >= 11 is 0. The third-order valence-corrected chi connectivity index (χ3v) is 3.49. The average molecular weight is 217 g/mol. The van der Waals surface area contributed by atoms with Crippen LogP contribution in [0.1, 0.15) is 38.5 Å². The van der Waals surface area contributed by atoms with Crippen LogP contribution in [0.5, 0.6) is 0 Å². The number of ketones is 2. The van der Waals surface area contributed by atoms with Gasteiger partial charge in [0.15, 0.2) is 5.78 Å². The molecule has 0 aromatic rings. The van der Waals surface area contributed by atoms with Crippen molar-refractivity contribution in [2.75, 3.05) is 0 Å². The number of nitrogens with zero attached hydrogens (tertiary/aromatic N) is 1. The number of carbonyl (C=O) groups excluding carboxylic acids is 2. The summed E-state index contributed by atoms with van der Waals surface area (Å²) in [6, 6.07) is 2.14. The molecule has 2 aliphatic carbocycles. The van der Waals surface area contributed by atoms with Gasteiger partial charge in [0.25, 0.3) is 0 Å². The van der Waals surface area contributed by atoms with Crippen LogP contribution in [-0.2, 0) is 9.59 Å². The van der Waals surface area contributed by atoms with Gasteiger partial charge in [-0.1, -0.05) is 6.08 Å². The van der Waals surface area contributed by atoms with E-state index in [9.17, 15) is 9.59 Å². The molecule has 1 fully saturated rings. The molecule has 3 heteroatoms. The highest BCUT2D eigenvalue weighted by molar-refractivity contribution is 6.02. The third kappa shape index (κ3) is 2.06. The van der Waals surface area contributed by atoms with Gasteiger partial charge in [-0.25, -0.2) is 0 Å². The van der Waals surface area contributed by atoms with Crippen LogP contribution in [0.15, 0.2) is 11.6 Å². The van der Waals surface area contributed by atoms with Crippen LogP contribution in [0.3, 0.4) is 0 Å². The maximum absolute atomic E-state index is 11.9. The number of Topliss-reactive ketones (excluding diaryl/α,β-unsaturated/α-hetero) is 2. The van der Waals surface area contributed by atoms with Crippen molar-refractivity contribution in [2.45, 2.75) is 38.5 Å². The van der Waals surface area contributed by atoms with Gasteiger partial charge < -0.3 is 0 Å². The molecular weight excluding hydrogens is 202 g/mol. The van der Waals surface area contributed by atoms with Gasteiger partial charge in [0.1, 0.15) is 5.78 Å². The van der Waals surface area contributed by atoms with Crippen LogP contribution in [-0.4, -0.2) is 11.6 Å². The van der Waals surface area contributed by atoms with E-state index in [2.05, 4.69) is 6.07 Å². The van der Waals surface area contributed by atoms with E-state index in [0.717, 1.165) is 24.8 Å². The summed E-state index contributed by atoms with van der Waals surface area (Å²) in [5.74, 6) is -0.125. The van der Waals surface area contributed by atoms with Crippen molar-refractivity contribution in [2.24, 2.45) is 11.8 Å². The fourth-order valence-corrected chi connectivity index (χ4v) is 2.57. The molecule has 0 radical (unpaired) electrons. The Labute approximate surface area is 95.1 Å². The molecule has 0 spiro atoms. The molecule has 0 amide bonds. The predicted molar refractivity (Wildman–Crippen MR) is 58.4 cm³/mol. The molecular formula is C13H15NO2. The largest absolute Gasteiger partial charge is 0.299 e. The highest BCUT2D eigenvalue weighted by atomic mass is 16.1. The molecule has 84 valence electrons. The van der Waals surface area contributed by atoms with Crippen LogP contribution in [0.4, 0.5) is 0 Å². The molecule has 0 N–H and O–H groups in total. The van der Waals surface area contributed by atoms with Gasteiger partial charge in [0.2, 0.25) is 0 Å². The van der Waals surface area contributed by atoms with Gasteiger partial charge in [-0.2, -0.15) is 5.26 Å². The van der Waals surface area contributed by atoms with E-state index in [4.69, 9.17) is 5.26 Å². The lowest BCUT2D eigenvalue weighted by Crippen LogP contribution is -2.29. The molecule has 0 bridgehead atoms. The van der Waals surface area contributed by atoms with E-state index in [1.807, 2.05) is 6.08 Å². The average Bonchev–Trinajstić information content (AvgIpc) is 2.30. The van der Waals surface area contributed by atoms with Crippen molar-refractivity contribution in [3.8, 4) is 6.07 Å². The Morgan fingerprint density at radius 2 is 2.12 bits per heavy atom. The van der Waals surface area contributed by atoms with E-state index in [0.29, 0.717) is 19.3 Å². The minimum Gasteiger partial charge on any atom is -0.299 e. The molecule has 2 unspecified atom stereocenters. The van der Waals surface area contributed by atoms with Crippen molar-refractivity contribution >= 4 is 11.6 Å². The third-order valence-electron chi connectivity index (χ3n) is 3.49. The summed E-state index contributed by atoms with van der Waals surface area (Å²) in [5.41, 5.74) is 0.729. The van der Waals surface area contributed by atoms with Crippen molar-refractivity contribution in [3.63, 3.8) is 0 Å². The van der Waals surface area contributed by atoms with Crippen molar-refractivity contribution < 1.29 is 9.59 Å². The van der Waals surface area contributed by atoms with E-state index in [-0.39, 0.29) is 23.4 Å². The SMILES string of the molecule is N#CC1CCC(C2=CCCCC2=O)C(=O)C1. The number of nitriles is 1. The van der Waals surface area contributed by atoms with Crippen LogP contribution in [0.25, 0.3) is 0 Å². The number of hydrogen-bond donors (Lipinski definition) is 0. The minimum absolute atomic E-state index is 0.0827. The van der Waals surface area contributed by atoms with E-state index in [1.165, 1.54) is 0 Å². The van der Waals surface area contributed by atoms with Crippen molar-refractivity contribution in [1.29, 1.82) is 5.26 Å². The van der Waals surface area contributed by atoms with Gasteiger partial charge in [0.05, 0.1) is 12.0 Å². The quantitative estimate of drug-likeness (QED) is 0.676. The molecule has 1 saturated carbocycles. The molecule has 0 heterocycles. The fraction of sp³-hybridized carbons (Fsp3) is 0.615.